The molecule has 4 aromatic rings. The molecule has 0 spiro atoms. The SMILES string of the molecule is N#Cc1nc(-c2cc(-c3ccon3)n(Cc3ccccc3F)n2)ncc1F. The van der Waals surface area contributed by atoms with Crippen LogP contribution in [0.15, 0.2) is 53.4 Å². The van der Waals surface area contributed by atoms with E-state index in [2.05, 4.69) is 20.2 Å². The second kappa shape index (κ2) is 6.76. The number of nitrogens with zero attached hydrogens (tertiary/aromatic N) is 6. The number of rotatable bonds is 4. The Balaban J connectivity index is 1.81. The van der Waals surface area contributed by atoms with Crippen LogP contribution in [0.2, 0.25) is 0 Å². The van der Waals surface area contributed by atoms with Gasteiger partial charge < -0.3 is 4.52 Å². The highest BCUT2D eigenvalue weighted by atomic mass is 19.1. The largest absolute Gasteiger partial charge is 0.364 e. The Labute approximate surface area is 151 Å². The summed E-state index contributed by atoms with van der Waals surface area (Å²) >= 11 is 0. The summed E-state index contributed by atoms with van der Waals surface area (Å²) in [6.45, 7) is 0.126. The Hall–Kier alpha value is -3.93. The lowest BCUT2D eigenvalue weighted by Gasteiger charge is -2.06. The van der Waals surface area contributed by atoms with Gasteiger partial charge in [0.05, 0.1) is 18.4 Å². The molecule has 1 aromatic carbocycles. The Bertz CT molecular complexity index is 1150. The van der Waals surface area contributed by atoms with Gasteiger partial charge in [-0.2, -0.15) is 10.4 Å². The zero-order valence-corrected chi connectivity index (χ0v) is 13.7. The van der Waals surface area contributed by atoms with Crippen LogP contribution in [0.5, 0.6) is 0 Å². The van der Waals surface area contributed by atoms with Crippen molar-refractivity contribution in [3.8, 4) is 29.0 Å². The lowest BCUT2D eigenvalue weighted by Crippen LogP contribution is -2.06. The summed E-state index contributed by atoms with van der Waals surface area (Å²) in [4.78, 5) is 7.77. The molecule has 0 unspecified atom stereocenters. The van der Waals surface area contributed by atoms with Gasteiger partial charge in [-0.05, 0) is 12.1 Å². The first-order chi connectivity index (χ1) is 13.2. The monoisotopic (exact) mass is 364 g/mol. The maximum atomic E-state index is 14.0. The Morgan fingerprint density at radius 2 is 1.96 bits per heavy atom. The molecule has 0 bridgehead atoms. The van der Waals surface area contributed by atoms with E-state index in [4.69, 9.17) is 9.78 Å². The predicted molar refractivity (Wildman–Crippen MR) is 88.9 cm³/mol. The van der Waals surface area contributed by atoms with Crippen molar-refractivity contribution in [2.45, 2.75) is 6.54 Å². The molecule has 9 heteroatoms. The van der Waals surface area contributed by atoms with E-state index in [1.165, 1.54) is 17.0 Å². The normalized spacial score (nSPS) is 10.7. The highest BCUT2D eigenvalue weighted by Gasteiger charge is 2.18. The van der Waals surface area contributed by atoms with Crippen LogP contribution >= 0.6 is 0 Å². The number of aromatic nitrogens is 5. The molecule has 0 aliphatic rings. The van der Waals surface area contributed by atoms with Crippen molar-refractivity contribution in [3.05, 3.63) is 71.8 Å². The van der Waals surface area contributed by atoms with Crippen LogP contribution in [0.25, 0.3) is 22.9 Å². The molecule has 0 atom stereocenters. The first-order valence-corrected chi connectivity index (χ1v) is 7.80. The molecular weight excluding hydrogens is 354 g/mol. The zero-order valence-electron chi connectivity index (χ0n) is 13.7. The van der Waals surface area contributed by atoms with E-state index in [9.17, 15) is 8.78 Å². The highest BCUT2D eigenvalue weighted by molar-refractivity contribution is 5.62. The van der Waals surface area contributed by atoms with Crippen LogP contribution in [-0.4, -0.2) is 24.9 Å². The Kier molecular flexibility index (Phi) is 4.14. The maximum Gasteiger partial charge on any atom is 0.181 e. The summed E-state index contributed by atoms with van der Waals surface area (Å²) in [5, 5.41) is 17.2. The molecule has 3 aromatic heterocycles. The lowest BCUT2D eigenvalue weighted by molar-refractivity contribution is 0.421. The third kappa shape index (κ3) is 3.16. The van der Waals surface area contributed by atoms with Crippen molar-refractivity contribution in [2.24, 2.45) is 0 Å². The van der Waals surface area contributed by atoms with E-state index in [-0.39, 0.29) is 23.9 Å². The number of benzene rings is 1. The van der Waals surface area contributed by atoms with Gasteiger partial charge in [-0.1, -0.05) is 23.4 Å². The minimum absolute atomic E-state index is 0.0741. The summed E-state index contributed by atoms with van der Waals surface area (Å²) in [7, 11) is 0. The molecule has 0 saturated carbocycles. The average molecular weight is 364 g/mol. The van der Waals surface area contributed by atoms with E-state index in [1.807, 2.05) is 0 Å². The standard InChI is InChI=1S/C18H10F2N6O/c19-12-4-2-1-3-11(12)10-26-17(14-5-6-27-25-14)7-15(24-26)18-22-9-13(20)16(8-21)23-18/h1-7,9H,10H2. The van der Waals surface area contributed by atoms with Crippen molar-refractivity contribution < 1.29 is 13.3 Å². The molecule has 0 fully saturated rings. The van der Waals surface area contributed by atoms with Crippen molar-refractivity contribution in [1.29, 1.82) is 5.26 Å². The van der Waals surface area contributed by atoms with Gasteiger partial charge in [-0.25, -0.2) is 18.7 Å². The van der Waals surface area contributed by atoms with Gasteiger partial charge >= 0.3 is 0 Å². The van der Waals surface area contributed by atoms with E-state index in [0.717, 1.165) is 6.20 Å². The Morgan fingerprint density at radius 1 is 1.11 bits per heavy atom. The second-order valence-corrected chi connectivity index (χ2v) is 5.55. The summed E-state index contributed by atoms with van der Waals surface area (Å²) in [6.07, 6.45) is 2.31. The molecule has 132 valence electrons. The van der Waals surface area contributed by atoms with Gasteiger partial charge in [-0.15, -0.1) is 0 Å². The molecule has 0 saturated heterocycles. The van der Waals surface area contributed by atoms with Crippen molar-refractivity contribution in [3.63, 3.8) is 0 Å². The fraction of sp³-hybridized carbons (Fsp3) is 0.0556. The van der Waals surface area contributed by atoms with Gasteiger partial charge in [0.1, 0.15) is 29.5 Å². The fourth-order valence-corrected chi connectivity index (χ4v) is 2.55. The van der Waals surface area contributed by atoms with Gasteiger partial charge in [-0.3, -0.25) is 4.68 Å². The first-order valence-electron chi connectivity index (χ1n) is 7.80. The number of hydrogen-bond acceptors (Lipinski definition) is 6. The topological polar surface area (TPSA) is 93.4 Å². The first kappa shape index (κ1) is 16.5. The highest BCUT2D eigenvalue weighted by Crippen LogP contribution is 2.25. The summed E-state index contributed by atoms with van der Waals surface area (Å²) in [5.41, 5.74) is 1.35. The van der Waals surface area contributed by atoms with Crippen molar-refractivity contribution >= 4 is 0 Å². The third-order valence-corrected chi connectivity index (χ3v) is 3.84. The molecule has 7 nitrogen and oxygen atoms in total. The summed E-state index contributed by atoms with van der Waals surface area (Å²) in [6, 6.07) is 11.2. The van der Waals surface area contributed by atoms with Gasteiger partial charge in [0.15, 0.2) is 17.3 Å². The van der Waals surface area contributed by atoms with Crippen molar-refractivity contribution in [1.82, 2.24) is 24.9 Å². The molecule has 4 rings (SSSR count). The molecule has 0 aliphatic heterocycles. The molecule has 0 aliphatic carbocycles. The van der Waals surface area contributed by atoms with Gasteiger partial charge in [0.25, 0.3) is 0 Å². The number of hydrogen-bond donors (Lipinski definition) is 0. The smallest absolute Gasteiger partial charge is 0.181 e. The predicted octanol–water partition coefficient (Wildman–Crippen LogP) is 3.19. The van der Waals surface area contributed by atoms with Crippen LogP contribution in [0.1, 0.15) is 11.3 Å². The fourth-order valence-electron chi connectivity index (χ4n) is 2.55. The second-order valence-electron chi connectivity index (χ2n) is 5.55. The molecule has 27 heavy (non-hydrogen) atoms. The minimum atomic E-state index is -0.816. The maximum absolute atomic E-state index is 14.0. The van der Waals surface area contributed by atoms with Crippen molar-refractivity contribution in [2.75, 3.05) is 0 Å². The summed E-state index contributed by atoms with van der Waals surface area (Å²) < 4.78 is 33.9. The van der Waals surface area contributed by atoms with E-state index in [1.54, 1.807) is 36.4 Å². The van der Waals surface area contributed by atoms with Crippen LogP contribution < -0.4 is 0 Å². The molecule has 0 N–H and O–H groups in total. The van der Waals surface area contributed by atoms with Gasteiger partial charge in [0.2, 0.25) is 0 Å². The average Bonchev–Trinajstić information content (AvgIpc) is 3.34. The van der Waals surface area contributed by atoms with E-state index in [0.29, 0.717) is 22.6 Å². The van der Waals surface area contributed by atoms with Crippen LogP contribution in [0.3, 0.4) is 0 Å². The zero-order chi connectivity index (χ0) is 18.8. The van der Waals surface area contributed by atoms with E-state index < -0.39 is 5.82 Å². The van der Waals surface area contributed by atoms with Crippen LogP contribution in [0, 0.1) is 23.0 Å². The third-order valence-electron chi connectivity index (χ3n) is 3.84. The van der Waals surface area contributed by atoms with Crippen LogP contribution in [-0.2, 0) is 6.54 Å². The van der Waals surface area contributed by atoms with Gasteiger partial charge in [0, 0.05) is 11.6 Å². The quantitative estimate of drug-likeness (QED) is 0.552. The molecule has 3 heterocycles. The number of halogens is 2. The molecular formula is C18H10F2N6O. The minimum Gasteiger partial charge on any atom is -0.364 e. The van der Waals surface area contributed by atoms with E-state index >= 15 is 0 Å². The lowest BCUT2D eigenvalue weighted by atomic mass is 10.2. The summed E-state index contributed by atoms with van der Waals surface area (Å²) in [5.74, 6) is -1.11. The molecule has 0 radical (unpaired) electrons. The number of nitriles is 1. The van der Waals surface area contributed by atoms with Crippen LogP contribution in [0.4, 0.5) is 8.78 Å². The Morgan fingerprint density at radius 3 is 2.70 bits per heavy atom. The molecule has 0 amide bonds.